The summed E-state index contributed by atoms with van der Waals surface area (Å²) in [5, 5.41) is 11.2. The van der Waals surface area contributed by atoms with Crippen molar-refractivity contribution in [2.24, 2.45) is 0 Å². The molecule has 0 aliphatic carbocycles. The average Bonchev–Trinajstić information content (AvgIpc) is 3.23. The lowest BCUT2D eigenvalue weighted by Crippen LogP contribution is -2.46. The molecular weight excluding hydrogens is 402 g/mol. The first kappa shape index (κ1) is 20.1. The zero-order chi connectivity index (χ0) is 21.3. The van der Waals surface area contributed by atoms with Crippen LogP contribution in [0.5, 0.6) is 0 Å². The number of aryl methyl sites for hydroxylation is 2. The molecular formula is C21H21N5O3S. The smallest absolute Gasteiger partial charge is 0.278 e. The Kier molecular flexibility index (Phi) is 5.54. The van der Waals surface area contributed by atoms with Gasteiger partial charge < -0.3 is 10.2 Å². The zero-order valence-electron chi connectivity index (χ0n) is 16.7. The highest BCUT2D eigenvalue weighted by Gasteiger charge is 2.35. The van der Waals surface area contributed by atoms with Crippen LogP contribution in [0.4, 0.5) is 5.69 Å². The maximum Gasteiger partial charge on any atom is 0.278 e. The van der Waals surface area contributed by atoms with Crippen LogP contribution >= 0.6 is 11.8 Å². The van der Waals surface area contributed by atoms with Crippen LogP contribution in [0, 0.1) is 13.8 Å². The molecule has 8 nitrogen and oxygen atoms in total. The lowest BCUT2D eigenvalue weighted by Gasteiger charge is -2.23. The van der Waals surface area contributed by atoms with Crippen molar-refractivity contribution in [1.29, 1.82) is 0 Å². The lowest BCUT2D eigenvalue weighted by molar-refractivity contribution is -0.137. The Morgan fingerprint density at radius 2 is 1.97 bits per heavy atom. The van der Waals surface area contributed by atoms with Crippen molar-refractivity contribution in [3.63, 3.8) is 0 Å². The highest BCUT2D eigenvalue weighted by Crippen LogP contribution is 2.23. The van der Waals surface area contributed by atoms with Gasteiger partial charge in [-0.15, -0.1) is 16.9 Å². The van der Waals surface area contributed by atoms with Crippen molar-refractivity contribution < 1.29 is 9.59 Å². The van der Waals surface area contributed by atoms with Crippen LogP contribution in [0.1, 0.15) is 11.1 Å². The van der Waals surface area contributed by atoms with Gasteiger partial charge in [-0.2, -0.15) is 0 Å². The molecule has 1 N–H and O–H groups in total. The number of carbonyl (C=O) groups is 2. The molecule has 1 aliphatic rings. The molecule has 3 aromatic rings. The minimum Gasteiger partial charge on any atom is -0.324 e. The third-order valence-electron chi connectivity index (χ3n) is 5.19. The van der Waals surface area contributed by atoms with E-state index in [2.05, 4.69) is 15.6 Å². The van der Waals surface area contributed by atoms with Crippen LogP contribution in [-0.2, 0) is 16.1 Å². The Hall–Kier alpha value is -3.20. The van der Waals surface area contributed by atoms with Gasteiger partial charge in [0.05, 0.1) is 11.3 Å². The summed E-state index contributed by atoms with van der Waals surface area (Å²) >= 11 is 1.50. The van der Waals surface area contributed by atoms with E-state index in [-0.39, 0.29) is 23.9 Å². The van der Waals surface area contributed by atoms with E-state index in [0.29, 0.717) is 28.2 Å². The van der Waals surface area contributed by atoms with Crippen LogP contribution < -0.4 is 10.9 Å². The summed E-state index contributed by atoms with van der Waals surface area (Å²) in [6.07, 6.45) is 0. The Morgan fingerprint density at radius 3 is 2.77 bits per heavy atom. The van der Waals surface area contributed by atoms with Gasteiger partial charge in [-0.25, -0.2) is 4.68 Å². The minimum atomic E-state index is -0.603. The summed E-state index contributed by atoms with van der Waals surface area (Å²) in [6.45, 7) is 3.73. The third-order valence-corrected chi connectivity index (χ3v) is 6.21. The SMILES string of the molecule is Cc1ccc(NC(=O)C2CSCN2C(=O)Cn2nnc3ccccc3c2=O)cc1C. The van der Waals surface area contributed by atoms with Gasteiger partial charge in [0.25, 0.3) is 5.56 Å². The molecule has 1 saturated heterocycles. The van der Waals surface area contributed by atoms with Crippen LogP contribution in [-0.4, -0.2) is 49.4 Å². The van der Waals surface area contributed by atoms with Gasteiger partial charge in [-0.05, 0) is 49.2 Å². The van der Waals surface area contributed by atoms with Crippen molar-refractivity contribution in [1.82, 2.24) is 19.9 Å². The summed E-state index contributed by atoms with van der Waals surface area (Å²) in [5.41, 5.74) is 3.02. The molecule has 1 unspecified atom stereocenters. The van der Waals surface area contributed by atoms with Crippen molar-refractivity contribution in [3.8, 4) is 0 Å². The number of nitrogens with one attached hydrogen (secondary N) is 1. The highest BCUT2D eigenvalue weighted by atomic mass is 32.2. The summed E-state index contributed by atoms with van der Waals surface area (Å²) in [7, 11) is 0. The van der Waals surface area contributed by atoms with Gasteiger partial charge in [0.2, 0.25) is 11.8 Å². The largest absolute Gasteiger partial charge is 0.324 e. The fourth-order valence-corrected chi connectivity index (χ4v) is 4.48. The van der Waals surface area contributed by atoms with E-state index in [1.165, 1.54) is 16.7 Å². The van der Waals surface area contributed by atoms with Crippen LogP contribution in [0.25, 0.3) is 10.9 Å². The molecule has 154 valence electrons. The average molecular weight is 423 g/mol. The van der Waals surface area contributed by atoms with Gasteiger partial charge in [-0.3, -0.25) is 14.4 Å². The molecule has 1 fully saturated rings. The molecule has 0 radical (unpaired) electrons. The molecule has 0 saturated carbocycles. The number of fused-ring (bicyclic) bond motifs is 1. The first-order valence-electron chi connectivity index (χ1n) is 9.52. The Labute approximate surface area is 177 Å². The number of carbonyl (C=O) groups excluding carboxylic acids is 2. The lowest BCUT2D eigenvalue weighted by atomic mass is 10.1. The molecule has 2 heterocycles. The second-order valence-electron chi connectivity index (χ2n) is 7.24. The number of hydrogen-bond acceptors (Lipinski definition) is 6. The van der Waals surface area contributed by atoms with Gasteiger partial charge in [0.15, 0.2) is 0 Å². The molecule has 0 spiro atoms. The molecule has 0 bridgehead atoms. The number of thioether (sulfide) groups is 1. The van der Waals surface area contributed by atoms with Crippen LogP contribution in [0.3, 0.4) is 0 Å². The molecule has 9 heteroatoms. The van der Waals surface area contributed by atoms with E-state index in [9.17, 15) is 14.4 Å². The van der Waals surface area contributed by atoms with E-state index in [1.807, 2.05) is 32.0 Å². The van der Waals surface area contributed by atoms with Crippen molar-refractivity contribution in [2.75, 3.05) is 16.9 Å². The minimum absolute atomic E-state index is 0.242. The normalized spacial score (nSPS) is 16.1. The molecule has 4 rings (SSSR count). The van der Waals surface area contributed by atoms with Gasteiger partial charge in [0.1, 0.15) is 18.1 Å². The predicted molar refractivity (Wildman–Crippen MR) is 116 cm³/mol. The maximum absolute atomic E-state index is 12.9. The van der Waals surface area contributed by atoms with Crippen molar-refractivity contribution in [3.05, 3.63) is 63.9 Å². The summed E-state index contributed by atoms with van der Waals surface area (Å²) < 4.78 is 1.05. The quantitative estimate of drug-likeness (QED) is 0.689. The molecule has 2 aromatic carbocycles. The van der Waals surface area contributed by atoms with Gasteiger partial charge >= 0.3 is 0 Å². The molecule has 2 amide bonds. The Balaban J connectivity index is 1.49. The maximum atomic E-state index is 12.9. The van der Waals surface area contributed by atoms with Crippen LogP contribution in [0.2, 0.25) is 0 Å². The number of hydrogen-bond donors (Lipinski definition) is 1. The number of benzene rings is 2. The molecule has 1 aromatic heterocycles. The third kappa shape index (κ3) is 3.93. The fraction of sp³-hybridized carbons (Fsp3) is 0.286. The van der Waals surface area contributed by atoms with Gasteiger partial charge in [0, 0.05) is 11.4 Å². The standard InChI is InChI=1S/C21H21N5O3S/c1-13-7-8-15(9-14(13)2)22-20(28)18-11-30-12-25(18)19(27)10-26-21(29)16-5-3-4-6-17(16)23-24-26/h3-9,18H,10-12H2,1-2H3,(H,22,28). The Bertz CT molecular complexity index is 1190. The number of nitrogens with zero attached hydrogens (tertiary/aromatic N) is 4. The van der Waals surface area contributed by atoms with E-state index >= 15 is 0 Å². The number of aromatic nitrogens is 3. The van der Waals surface area contributed by atoms with Crippen molar-refractivity contribution >= 4 is 40.2 Å². The molecule has 1 atom stereocenters. The zero-order valence-corrected chi connectivity index (χ0v) is 17.5. The first-order chi connectivity index (χ1) is 14.4. The summed E-state index contributed by atoms with van der Waals surface area (Å²) in [6, 6.07) is 12.0. The first-order valence-corrected chi connectivity index (χ1v) is 10.7. The van der Waals surface area contributed by atoms with E-state index < -0.39 is 6.04 Å². The molecule has 30 heavy (non-hydrogen) atoms. The number of anilines is 1. The van der Waals surface area contributed by atoms with E-state index in [1.54, 1.807) is 24.3 Å². The van der Waals surface area contributed by atoms with Crippen LogP contribution in [0.15, 0.2) is 47.3 Å². The number of amides is 2. The fourth-order valence-electron chi connectivity index (χ4n) is 3.30. The van der Waals surface area contributed by atoms with E-state index in [0.717, 1.165) is 15.8 Å². The molecule has 1 aliphatic heterocycles. The Morgan fingerprint density at radius 1 is 1.17 bits per heavy atom. The highest BCUT2D eigenvalue weighted by molar-refractivity contribution is 7.99. The van der Waals surface area contributed by atoms with Gasteiger partial charge in [-0.1, -0.05) is 23.4 Å². The summed E-state index contributed by atoms with van der Waals surface area (Å²) in [4.78, 5) is 39.8. The van der Waals surface area contributed by atoms with Crippen molar-refractivity contribution in [2.45, 2.75) is 26.4 Å². The number of rotatable bonds is 4. The second kappa shape index (κ2) is 8.27. The monoisotopic (exact) mass is 423 g/mol. The summed E-state index contributed by atoms with van der Waals surface area (Å²) in [5.74, 6) is 0.306. The topological polar surface area (TPSA) is 97.2 Å². The second-order valence-corrected chi connectivity index (χ2v) is 8.24. The van der Waals surface area contributed by atoms with E-state index in [4.69, 9.17) is 0 Å². The predicted octanol–water partition coefficient (Wildman–Crippen LogP) is 1.95.